The minimum atomic E-state index is -0.530. The Hall–Kier alpha value is -3.55. The van der Waals surface area contributed by atoms with Crippen LogP contribution in [0.5, 0.6) is 0 Å². The average Bonchev–Trinajstić information content (AvgIpc) is 3.25. The second-order valence-corrected chi connectivity index (χ2v) is 7.68. The highest BCUT2D eigenvalue weighted by atomic mass is 35.5. The van der Waals surface area contributed by atoms with Gasteiger partial charge >= 0.3 is 0 Å². The summed E-state index contributed by atoms with van der Waals surface area (Å²) in [5, 5.41) is 17.2. The fraction of sp³-hybridized carbons (Fsp3) is 0. The summed E-state index contributed by atoms with van der Waals surface area (Å²) >= 11 is 7.46. The number of anilines is 1. The third kappa shape index (κ3) is 4.37. The highest BCUT2D eigenvalue weighted by Gasteiger charge is 2.13. The lowest BCUT2D eigenvalue weighted by atomic mass is 10.1. The Morgan fingerprint density at radius 1 is 1.00 bits per heavy atom. The van der Waals surface area contributed by atoms with Crippen molar-refractivity contribution in [3.8, 4) is 21.8 Å². The number of nitro groups is 1. The fourth-order valence-corrected chi connectivity index (χ4v) is 3.81. The van der Waals surface area contributed by atoms with Crippen LogP contribution in [-0.4, -0.2) is 15.8 Å². The molecule has 8 heteroatoms. The molecule has 0 saturated heterocycles. The molecule has 0 aliphatic heterocycles. The summed E-state index contributed by atoms with van der Waals surface area (Å²) in [5.74, 6) is -0.420. The molecule has 1 aromatic heterocycles. The molecular formula is C22H14ClN3O3S. The molecule has 1 heterocycles. The Balaban J connectivity index is 1.55. The molecule has 0 unspecified atom stereocenters. The van der Waals surface area contributed by atoms with Crippen molar-refractivity contribution in [2.75, 3.05) is 5.32 Å². The molecule has 0 aliphatic carbocycles. The predicted molar refractivity (Wildman–Crippen MR) is 119 cm³/mol. The first-order chi connectivity index (χ1) is 14.5. The summed E-state index contributed by atoms with van der Waals surface area (Å²) in [5.41, 5.74) is 3.28. The topological polar surface area (TPSA) is 85.1 Å². The number of thiazole rings is 1. The van der Waals surface area contributed by atoms with E-state index in [9.17, 15) is 14.9 Å². The molecule has 1 N–H and O–H groups in total. The summed E-state index contributed by atoms with van der Waals surface area (Å²) < 4.78 is 0. The molecule has 0 aliphatic rings. The maximum Gasteiger partial charge on any atom is 0.270 e. The zero-order valence-corrected chi connectivity index (χ0v) is 17.0. The quantitative estimate of drug-likeness (QED) is 0.295. The number of nitro benzene ring substituents is 1. The molecular weight excluding hydrogens is 422 g/mol. The van der Waals surface area contributed by atoms with Gasteiger partial charge in [-0.15, -0.1) is 11.3 Å². The zero-order valence-electron chi connectivity index (χ0n) is 15.4. The van der Waals surface area contributed by atoms with Crippen LogP contribution in [0.25, 0.3) is 21.8 Å². The molecule has 148 valence electrons. The van der Waals surface area contributed by atoms with Gasteiger partial charge in [0, 0.05) is 44.9 Å². The number of non-ortho nitro benzene ring substituents is 1. The van der Waals surface area contributed by atoms with Crippen molar-refractivity contribution >= 4 is 40.2 Å². The largest absolute Gasteiger partial charge is 0.322 e. The Labute approximate surface area is 180 Å². The standard InChI is InChI=1S/C22H14ClN3O3S/c23-17-9-7-14(8-10-17)22-25-20(13-30-22)15-3-1-5-18(11-15)24-21(27)16-4-2-6-19(12-16)26(28)29/h1-13H,(H,24,27). The molecule has 0 fully saturated rings. The van der Waals surface area contributed by atoms with Gasteiger partial charge in [-0.05, 0) is 30.3 Å². The van der Waals surface area contributed by atoms with Gasteiger partial charge in [-0.25, -0.2) is 4.98 Å². The first-order valence-electron chi connectivity index (χ1n) is 8.87. The third-order valence-corrected chi connectivity index (χ3v) is 5.47. The molecule has 3 aromatic carbocycles. The lowest BCUT2D eigenvalue weighted by Gasteiger charge is -2.07. The number of hydrogen-bond donors (Lipinski definition) is 1. The number of nitrogens with one attached hydrogen (secondary N) is 1. The van der Waals surface area contributed by atoms with E-state index in [0.717, 1.165) is 21.8 Å². The number of hydrogen-bond acceptors (Lipinski definition) is 5. The minimum absolute atomic E-state index is 0.131. The first kappa shape index (κ1) is 19.8. The number of carbonyl (C=O) groups excluding carboxylic acids is 1. The number of nitrogens with zero attached hydrogens (tertiary/aromatic N) is 2. The van der Waals surface area contributed by atoms with Gasteiger partial charge < -0.3 is 5.32 Å². The van der Waals surface area contributed by atoms with Gasteiger partial charge in [0.1, 0.15) is 5.01 Å². The van der Waals surface area contributed by atoms with E-state index < -0.39 is 10.8 Å². The van der Waals surface area contributed by atoms with Gasteiger partial charge in [0.25, 0.3) is 11.6 Å². The highest BCUT2D eigenvalue weighted by molar-refractivity contribution is 7.13. The van der Waals surface area contributed by atoms with Crippen LogP contribution >= 0.6 is 22.9 Å². The van der Waals surface area contributed by atoms with E-state index in [2.05, 4.69) is 10.3 Å². The van der Waals surface area contributed by atoms with E-state index in [-0.39, 0.29) is 11.3 Å². The summed E-state index contributed by atoms with van der Waals surface area (Å²) in [6.07, 6.45) is 0. The molecule has 4 rings (SSSR count). The molecule has 0 radical (unpaired) electrons. The van der Waals surface area contributed by atoms with Crippen molar-refractivity contribution < 1.29 is 9.72 Å². The third-order valence-electron chi connectivity index (χ3n) is 4.33. The van der Waals surface area contributed by atoms with Gasteiger partial charge in [-0.3, -0.25) is 14.9 Å². The Morgan fingerprint density at radius 3 is 2.53 bits per heavy atom. The molecule has 0 saturated carbocycles. The number of carbonyl (C=O) groups is 1. The lowest BCUT2D eigenvalue weighted by Crippen LogP contribution is -2.12. The normalized spacial score (nSPS) is 10.6. The molecule has 1 amide bonds. The minimum Gasteiger partial charge on any atom is -0.322 e. The van der Waals surface area contributed by atoms with Crippen molar-refractivity contribution in [3.63, 3.8) is 0 Å². The predicted octanol–water partition coefficient (Wildman–Crippen LogP) is 6.29. The van der Waals surface area contributed by atoms with Gasteiger partial charge in [-0.1, -0.05) is 41.9 Å². The lowest BCUT2D eigenvalue weighted by molar-refractivity contribution is -0.384. The maximum absolute atomic E-state index is 12.5. The number of amides is 1. The first-order valence-corrected chi connectivity index (χ1v) is 10.1. The fourth-order valence-electron chi connectivity index (χ4n) is 2.85. The van der Waals surface area contributed by atoms with E-state index in [4.69, 9.17) is 11.6 Å². The van der Waals surface area contributed by atoms with E-state index in [1.165, 1.54) is 35.6 Å². The second kappa shape index (κ2) is 8.44. The van der Waals surface area contributed by atoms with Crippen LogP contribution in [0.2, 0.25) is 5.02 Å². The van der Waals surface area contributed by atoms with Crippen molar-refractivity contribution in [2.45, 2.75) is 0 Å². The van der Waals surface area contributed by atoms with Gasteiger partial charge in [-0.2, -0.15) is 0 Å². The number of rotatable bonds is 5. The Bertz CT molecular complexity index is 1240. The van der Waals surface area contributed by atoms with E-state index in [1.54, 1.807) is 6.07 Å². The van der Waals surface area contributed by atoms with Crippen molar-refractivity contribution in [1.29, 1.82) is 0 Å². The monoisotopic (exact) mass is 435 g/mol. The molecule has 0 atom stereocenters. The smallest absolute Gasteiger partial charge is 0.270 e. The summed E-state index contributed by atoms with van der Waals surface area (Å²) in [7, 11) is 0. The average molecular weight is 436 g/mol. The molecule has 0 bridgehead atoms. The Morgan fingerprint density at radius 2 is 1.77 bits per heavy atom. The van der Waals surface area contributed by atoms with Gasteiger partial charge in [0.05, 0.1) is 10.6 Å². The van der Waals surface area contributed by atoms with E-state index >= 15 is 0 Å². The molecule has 0 spiro atoms. The molecule has 6 nitrogen and oxygen atoms in total. The second-order valence-electron chi connectivity index (χ2n) is 6.39. The van der Waals surface area contributed by atoms with Crippen molar-refractivity contribution in [1.82, 2.24) is 4.98 Å². The van der Waals surface area contributed by atoms with Crippen LogP contribution in [0.15, 0.2) is 78.2 Å². The highest BCUT2D eigenvalue weighted by Crippen LogP contribution is 2.30. The summed E-state index contributed by atoms with van der Waals surface area (Å²) in [6.45, 7) is 0. The van der Waals surface area contributed by atoms with Gasteiger partial charge in [0.15, 0.2) is 0 Å². The number of aromatic nitrogens is 1. The molecule has 4 aromatic rings. The van der Waals surface area contributed by atoms with Crippen molar-refractivity contribution in [2.24, 2.45) is 0 Å². The number of benzene rings is 3. The van der Waals surface area contributed by atoms with E-state index in [1.807, 2.05) is 47.8 Å². The maximum atomic E-state index is 12.5. The van der Waals surface area contributed by atoms with Crippen LogP contribution in [0.4, 0.5) is 11.4 Å². The van der Waals surface area contributed by atoms with Crippen molar-refractivity contribution in [3.05, 3.63) is 98.9 Å². The van der Waals surface area contributed by atoms with Crippen LogP contribution in [-0.2, 0) is 0 Å². The summed E-state index contributed by atoms with van der Waals surface area (Å²) in [6, 6.07) is 20.4. The zero-order chi connectivity index (χ0) is 21.1. The van der Waals surface area contributed by atoms with E-state index in [0.29, 0.717) is 10.7 Å². The number of halogens is 1. The molecule has 30 heavy (non-hydrogen) atoms. The van der Waals surface area contributed by atoms with Crippen LogP contribution in [0, 0.1) is 10.1 Å². The summed E-state index contributed by atoms with van der Waals surface area (Å²) in [4.78, 5) is 27.6. The van der Waals surface area contributed by atoms with Crippen LogP contribution in [0.1, 0.15) is 10.4 Å². The Kier molecular flexibility index (Phi) is 5.56. The van der Waals surface area contributed by atoms with Gasteiger partial charge in [0.2, 0.25) is 0 Å². The van der Waals surface area contributed by atoms with Crippen LogP contribution < -0.4 is 5.32 Å². The SMILES string of the molecule is O=C(Nc1cccc(-c2csc(-c3ccc(Cl)cc3)n2)c1)c1cccc([N+](=O)[O-])c1. The van der Waals surface area contributed by atoms with Crippen LogP contribution in [0.3, 0.4) is 0 Å².